The lowest BCUT2D eigenvalue weighted by Gasteiger charge is -2.29. The fourth-order valence-corrected chi connectivity index (χ4v) is 1.90. The van der Waals surface area contributed by atoms with Gasteiger partial charge in [0.05, 0.1) is 23.4 Å². The van der Waals surface area contributed by atoms with Crippen molar-refractivity contribution in [2.45, 2.75) is 26.8 Å². The molecule has 6 heteroatoms. The number of aliphatic hydroxyl groups excluding tert-OH is 1. The van der Waals surface area contributed by atoms with Gasteiger partial charge in [0, 0.05) is 5.02 Å². The number of rotatable bonds is 3. The smallest absolute Gasteiger partial charge is 0.319 e. The molecule has 19 heavy (non-hydrogen) atoms. The summed E-state index contributed by atoms with van der Waals surface area (Å²) in [6.45, 7) is 5.67. The predicted octanol–water partition coefficient (Wildman–Crippen LogP) is 3.52. The Morgan fingerprint density at radius 1 is 1.37 bits per heavy atom. The van der Waals surface area contributed by atoms with Crippen molar-refractivity contribution < 1.29 is 9.90 Å². The Morgan fingerprint density at radius 3 is 2.47 bits per heavy atom. The lowest BCUT2D eigenvalue weighted by molar-refractivity contribution is 0.162. The molecule has 0 heterocycles. The summed E-state index contributed by atoms with van der Waals surface area (Å²) in [4.78, 5) is 11.8. The fourth-order valence-electron chi connectivity index (χ4n) is 1.44. The summed E-state index contributed by atoms with van der Waals surface area (Å²) < 4.78 is 0. The maximum atomic E-state index is 11.8. The van der Waals surface area contributed by atoms with E-state index in [2.05, 4.69) is 10.6 Å². The van der Waals surface area contributed by atoms with Crippen molar-refractivity contribution in [2.75, 3.05) is 11.9 Å². The Bertz CT molecular complexity index is 458. The van der Waals surface area contributed by atoms with Crippen molar-refractivity contribution in [1.29, 1.82) is 0 Å². The minimum Gasteiger partial charge on any atom is -0.394 e. The highest BCUT2D eigenvalue weighted by molar-refractivity contribution is 6.36. The van der Waals surface area contributed by atoms with Crippen molar-refractivity contribution in [3.05, 3.63) is 28.2 Å². The van der Waals surface area contributed by atoms with Crippen LogP contribution in [0.3, 0.4) is 0 Å². The summed E-state index contributed by atoms with van der Waals surface area (Å²) in [7, 11) is 0. The monoisotopic (exact) mass is 304 g/mol. The van der Waals surface area contributed by atoms with E-state index in [1.165, 1.54) is 0 Å². The summed E-state index contributed by atoms with van der Waals surface area (Å²) in [6, 6.07) is 4.04. The van der Waals surface area contributed by atoms with Crippen molar-refractivity contribution in [3.63, 3.8) is 0 Å². The van der Waals surface area contributed by atoms with E-state index in [1.807, 2.05) is 20.8 Å². The molecule has 0 radical (unpaired) electrons. The van der Waals surface area contributed by atoms with Gasteiger partial charge in [-0.3, -0.25) is 0 Å². The standard InChI is InChI=1S/C13H18Cl2N2O2/c1-13(2,3)11(7-18)17-12(19)16-10-5-4-8(14)6-9(10)15/h4-6,11,18H,7H2,1-3H3,(H2,16,17,19)/t11-/m1/s1. The number of hydrogen-bond donors (Lipinski definition) is 3. The first-order chi connectivity index (χ1) is 8.74. The number of carbonyl (C=O) groups is 1. The van der Waals surface area contributed by atoms with Crippen LogP contribution in [0, 0.1) is 5.41 Å². The van der Waals surface area contributed by atoms with Crippen molar-refractivity contribution in [1.82, 2.24) is 5.32 Å². The minimum atomic E-state index is -0.418. The molecule has 1 atom stereocenters. The number of hydrogen-bond acceptors (Lipinski definition) is 2. The maximum Gasteiger partial charge on any atom is 0.319 e. The molecule has 0 saturated carbocycles. The summed E-state index contributed by atoms with van der Waals surface area (Å²) in [5.41, 5.74) is 0.227. The zero-order valence-corrected chi connectivity index (χ0v) is 12.6. The zero-order chi connectivity index (χ0) is 14.6. The Balaban J connectivity index is 2.70. The van der Waals surface area contributed by atoms with Crippen molar-refractivity contribution in [2.24, 2.45) is 5.41 Å². The van der Waals surface area contributed by atoms with E-state index < -0.39 is 6.03 Å². The van der Waals surface area contributed by atoms with Crippen molar-refractivity contribution >= 4 is 34.9 Å². The molecule has 0 saturated heterocycles. The number of aliphatic hydroxyl groups is 1. The molecule has 106 valence electrons. The van der Waals surface area contributed by atoms with Crippen LogP contribution in [0.15, 0.2) is 18.2 Å². The van der Waals surface area contributed by atoms with Gasteiger partial charge >= 0.3 is 6.03 Å². The first-order valence-electron chi connectivity index (χ1n) is 5.87. The van der Waals surface area contributed by atoms with Crippen LogP contribution in [-0.2, 0) is 0 Å². The lowest BCUT2D eigenvalue weighted by Crippen LogP contribution is -2.47. The number of halogens is 2. The molecule has 0 aliphatic heterocycles. The van der Waals surface area contributed by atoms with E-state index in [4.69, 9.17) is 23.2 Å². The molecule has 1 rings (SSSR count). The Labute approximate surface area is 123 Å². The van der Waals surface area contributed by atoms with Gasteiger partial charge in [-0.1, -0.05) is 44.0 Å². The molecule has 0 unspecified atom stereocenters. The average molecular weight is 305 g/mol. The number of urea groups is 1. The molecule has 3 N–H and O–H groups in total. The number of anilines is 1. The van der Waals surface area contributed by atoms with Crippen LogP contribution in [0.25, 0.3) is 0 Å². The van der Waals surface area contributed by atoms with Gasteiger partial charge in [0.2, 0.25) is 0 Å². The molecular formula is C13H18Cl2N2O2. The van der Waals surface area contributed by atoms with E-state index in [0.29, 0.717) is 15.7 Å². The van der Waals surface area contributed by atoms with Gasteiger partial charge in [-0.15, -0.1) is 0 Å². The molecule has 0 aromatic heterocycles. The highest BCUT2D eigenvalue weighted by atomic mass is 35.5. The normalized spacial score (nSPS) is 12.9. The van der Waals surface area contributed by atoms with Crippen LogP contribution < -0.4 is 10.6 Å². The van der Waals surface area contributed by atoms with E-state index >= 15 is 0 Å². The Hall–Kier alpha value is -0.970. The first kappa shape index (κ1) is 16.1. The van der Waals surface area contributed by atoms with Gasteiger partial charge in [0.15, 0.2) is 0 Å². The molecule has 2 amide bonds. The molecule has 0 bridgehead atoms. The Morgan fingerprint density at radius 2 is 2.00 bits per heavy atom. The largest absolute Gasteiger partial charge is 0.394 e. The quantitative estimate of drug-likeness (QED) is 0.800. The zero-order valence-electron chi connectivity index (χ0n) is 11.1. The van der Waals surface area contributed by atoms with Crippen LogP contribution in [0.2, 0.25) is 10.0 Å². The van der Waals surface area contributed by atoms with Crippen LogP contribution in [0.1, 0.15) is 20.8 Å². The molecule has 0 spiro atoms. The lowest BCUT2D eigenvalue weighted by atomic mass is 9.87. The third-order valence-corrected chi connectivity index (χ3v) is 3.26. The van der Waals surface area contributed by atoms with E-state index in [0.717, 1.165) is 0 Å². The molecular weight excluding hydrogens is 287 g/mol. The predicted molar refractivity (Wildman–Crippen MR) is 78.9 cm³/mol. The van der Waals surface area contributed by atoms with Gasteiger partial charge < -0.3 is 15.7 Å². The third kappa shape index (κ3) is 4.90. The molecule has 0 aliphatic carbocycles. The summed E-state index contributed by atoms with van der Waals surface area (Å²) >= 11 is 11.7. The van der Waals surface area contributed by atoms with E-state index in [1.54, 1.807) is 18.2 Å². The van der Waals surface area contributed by atoms with Crippen LogP contribution >= 0.6 is 23.2 Å². The Kier molecular flexibility index (Phi) is 5.47. The SMILES string of the molecule is CC(C)(C)[C@@H](CO)NC(=O)Nc1ccc(Cl)cc1Cl. The molecule has 0 aliphatic rings. The highest BCUT2D eigenvalue weighted by Gasteiger charge is 2.25. The molecule has 0 fully saturated rings. The van der Waals surface area contributed by atoms with E-state index in [9.17, 15) is 9.90 Å². The second kappa shape index (κ2) is 6.46. The minimum absolute atomic E-state index is 0.134. The summed E-state index contributed by atoms with van der Waals surface area (Å²) in [6.07, 6.45) is 0. The van der Waals surface area contributed by atoms with Crippen molar-refractivity contribution in [3.8, 4) is 0 Å². The average Bonchev–Trinajstić information content (AvgIpc) is 2.28. The number of nitrogens with one attached hydrogen (secondary N) is 2. The topological polar surface area (TPSA) is 61.4 Å². The van der Waals surface area contributed by atoms with Gasteiger partial charge in [0.25, 0.3) is 0 Å². The van der Waals surface area contributed by atoms with Crippen LogP contribution in [0.5, 0.6) is 0 Å². The van der Waals surface area contributed by atoms with Gasteiger partial charge in [-0.25, -0.2) is 4.79 Å². The molecule has 4 nitrogen and oxygen atoms in total. The number of benzene rings is 1. The molecule has 1 aromatic rings. The van der Waals surface area contributed by atoms with Gasteiger partial charge in [-0.2, -0.15) is 0 Å². The second-order valence-corrected chi connectivity index (χ2v) is 6.17. The highest BCUT2D eigenvalue weighted by Crippen LogP contribution is 2.25. The number of amides is 2. The van der Waals surface area contributed by atoms with E-state index in [-0.39, 0.29) is 18.1 Å². The van der Waals surface area contributed by atoms with Gasteiger partial charge in [-0.05, 0) is 23.6 Å². The third-order valence-electron chi connectivity index (χ3n) is 2.71. The van der Waals surface area contributed by atoms with Gasteiger partial charge in [0.1, 0.15) is 0 Å². The number of carbonyl (C=O) groups excluding carboxylic acids is 1. The fraction of sp³-hybridized carbons (Fsp3) is 0.462. The first-order valence-corrected chi connectivity index (χ1v) is 6.63. The summed E-state index contributed by atoms with van der Waals surface area (Å²) in [5, 5.41) is 15.5. The molecule has 1 aromatic carbocycles. The van der Waals surface area contributed by atoms with Crippen LogP contribution in [0.4, 0.5) is 10.5 Å². The summed E-state index contributed by atoms with van der Waals surface area (Å²) in [5.74, 6) is 0. The maximum absolute atomic E-state index is 11.8. The van der Waals surface area contributed by atoms with Crippen LogP contribution in [-0.4, -0.2) is 23.8 Å². The second-order valence-electron chi connectivity index (χ2n) is 5.32.